The third-order valence-corrected chi connectivity index (χ3v) is 5.05. The van der Waals surface area contributed by atoms with Crippen molar-refractivity contribution in [2.24, 2.45) is 4.99 Å². The third-order valence-electron chi connectivity index (χ3n) is 5.05. The average Bonchev–Trinajstić information content (AvgIpc) is 3.14. The smallest absolute Gasteiger partial charge is 0.191 e. The maximum atomic E-state index is 5.95. The lowest BCUT2D eigenvalue weighted by atomic mass is 10.1. The van der Waals surface area contributed by atoms with Crippen molar-refractivity contribution in [3.63, 3.8) is 0 Å². The molecule has 0 saturated carbocycles. The fourth-order valence-corrected chi connectivity index (χ4v) is 3.42. The Kier molecular flexibility index (Phi) is 7.51. The van der Waals surface area contributed by atoms with Gasteiger partial charge in [0.05, 0.1) is 25.8 Å². The van der Waals surface area contributed by atoms with Crippen LogP contribution in [0.4, 0.5) is 0 Å². The summed E-state index contributed by atoms with van der Waals surface area (Å²) in [7, 11) is 0. The molecule has 2 N–H and O–H groups in total. The van der Waals surface area contributed by atoms with Gasteiger partial charge >= 0.3 is 0 Å². The van der Waals surface area contributed by atoms with Crippen molar-refractivity contribution in [3.05, 3.63) is 59.0 Å². The molecule has 0 aliphatic carbocycles. The Morgan fingerprint density at radius 1 is 1.11 bits per heavy atom. The average molecular weight is 385 g/mol. The first-order chi connectivity index (χ1) is 13.7. The summed E-state index contributed by atoms with van der Waals surface area (Å²) in [5.41, 5.74) is 2.51. The van der Waals surface area contributed by atoms with E-state index < -0.39 is 0 Å². The van der Waals surface area contributed by atoms with Crippen LogP contribution in [0.2, 0.25) is 0 Å². The lowest BCUT2D eigenvalue weighted by Gasteiger charge is -2.33. The van der Waals surface area contributed by atoms with Gasteiger partial charge in [-0.15, -0.1) is 0 Å². The van der Waals surface area contributed by atoms with E-state index in [0.29, 0.717) is 6.54 Å². The summed E-state index contributed by atoms with van der Waals surface area (Å²) < 4.78 is 11.5. The Morgan fingerprint density at radius 2 is 1.89 bits per heavy atom. The first kappa shape index (κ1) is 20.4. The molecule has 0 amide bonds. The van der Waals surface area contributed by atoms with Gasteiger partial charge in [-0.3, -0.25) is 4.90 Å². The molecule has 1 aromatic carbocycles. The Morgan fingerprint density at radius 3 is 2.57 bits per heavy atom. The third kappa shape index (κ3) is 5.59. The summed E-state index contributed by atoms with van der Waals surface area (Å²) in [5, 5.41) is 6.86. The van der Waals surface area contributed by atoms with Crippen LogP contribution in [0.1, 0.15) is 35.6 Å². The highest BCUT2D eigenvalue weighted by Gasteiger charge is 2.25. The minimum absolute atomic E-state index is 0.153. The molecule has 3 rings (SSSR count). The molecule has 0 spiro atoms. The van der Waals surface area contributed by atoms with Crippen molar-refractivity contribution >= 4 is 5.96 Å². The van der Waals surface area contributed by atoms with Gasteiger partial charge in [0.2, 0.25) is 0 Å². The molecule has 1 atom stereocenters. The first-order valence-corrected chi connectivity index (χ1v) is 10.1. The summed E-state index contributed by atoms with van der Waals surface area (Å²) in [5.74, 6) is 2.75. The number of aryl methyl sites for hydroxylation is 2. The number of morpholine rings is 1. The monoisotopic (exact) mass is 384 g/mol. The SMILES string of the molecule is CCNC(=NCc1ccccc1C)NCC(c1ccc(C)o1)N1CCOCC1. The predicted molar refractivity (Wildman–Crippen MR) is 113 cm³/mol. The van der Waals surface area contributed by atoms with E-state index in [2.05, 4.69) is 59.7 Å². The molecular formula is C22H32N4O2. The van der Waals surface area contributed by atoms with Gasteiger partial charge in [-0.1, -0.05) is 24.3 Å². The number of rotatable bonds is 7. The molecule has 1 aliphatic rings. The van der Waals surface area contributed by atoms with Crippen LogP contribution in [0.15, 0.2) is 45.8 Å². The number of hydrogen-bond acceptors (Lipinski definition) is 4. The van der Waals surface area contributed by atoms with Gasteiger partial charge in [-0.05, 0) is 44.0 Å². The van der Waals surface area contributed by atoms with Crippen molar-refractivity contribution in [1.82, 2.24) is 15.5 Å². The molecule has 2 heterocycles. The van der Waals surface area contributed by atoms with Crippen molar-refractivity contribution < 1.29 is 9.15 Å². The number of ether oxygens (including phenoxy) is 1. The summed E-state index contributed by atoms with van der Waals surface area (Å²) >= 11 is 0. The Hall–Kier alpha value is -2.31. The molecule has 1 aromatic heterocycles. The lowest BCUT2D eigenvalue weighted by molar-refractivity contribution is 0.0124. The molecule has 0 bridgehead atoms. The normalized spacial score (nSPS) is 16.8. The van der Waals surface area contributed by atoms with Crippen LogP contribution in [0.5, 0.6) is 0 Å². The van der Waals surface area contributed by atoms with Gasteiger partial charge in [-0.2, -0.15) is 0 Å². The summed E-state index contributed by atoms with van der Waals surface area (Å²) in [4.78, 5) is 7.20. The first-order valence-electron chi connectivity index (χ1n) is 10.1. The number of furan rings is 1. The molecule has 1 aliphatic heterocycles. The molecule has 152 valence electrons. The van der Waals surface area contributed by atoms with Gasteiger partial charge in [0, 0.05) is 26.2 Å². The van der Waals surface area contributed by atoms with Crippen molar-refractivity contribution in [2.45, 2.75) is 33.4 Å². The summed E-state index contributed by atoms with van der Waals surface area (Å²) in [6.07, 6.45) is 0. The minimum atomic E-state index is 0.153. The predicted octanol–water partition coefficient (Wildman–Crippen LogP) is 3.03. The molecule has 1 fully saturated rings. The highest BCUT2D eigenvalue weighted by Crippen LogP contribution is 2.23. The molecular weight excluding hydrogens is 352 g/mol. The molecule has 2 aromatic rings. The van der Waals surface area contributed by atoms with E-state index in [4.69, 9.17) is 14.1 Å². The standard InChI is InChI=1S/C22H32N4O2/c1-4-23-22(24-15-19-8-6-5-7-17(19)2)25-16-20(21-10-9-18(3)28-21)26-11-13-27-14-12-26/h5-10,20H,4,11-16H2,1-3H3,(H2,23,24,25). The number of aliphatic imine (C=N–C) groups is 1. The van der Waals surface area contributed by atoms with E-state index in [-0.39, 0.29) is 6.04 Å². The van der Waals surface area contributed by atoms with E-state index in [1.165, 1.54) is 11.1 Å². The Bertz CT molecular complexity index is 765. The van der Waals surface area contributed by atoms with E-state index in [1.54, 1.807) is 0 Å². The maximum absolute atomic E-state index is 5.95. The van der Waals surface area contributed by atoms with Crippen molar-refractivity contribution in [3.8, 4) is 0 Å². The van der Waals surface area contributed by atoms with Crippen LogP contribution in [0.25, 0.3) is 0 Å². The number of nitrogens with zero attached hydrogens (tertiary/aromatic N) is 2. The van der Waals surface area contributed by atoms with E-state index in [9.17, 15) is 0 Å². The van der Waals surface area contributed by atoms with Crippen LogP contribution >= 0.6 is 0 Å². The van der Waals surface area contributed by atoms with E-state index in [0.717, 1.165) is 56.9 Å². The summed E-state index contributed by atoms with van der Waals surface area (Å²) in [6, 6.07) is 12.6. The largest absolute Gasteiger partial charge is 0.465 e. The van der Waals surface area contributed by atoms with Gasteiger partial charge in [0.15, 0.2) is 5.96 Å². The fourth-order valence-electron chi connectivity index (χ4n) is 3.42. The molecule has 28 heavy (non-hydrogen) atoms. The van der Waals surface area contributed by atoms with Gasteiger partial charge in [-0.25, -0.2) is 4.99 Å². The second-order valence-electron chi connectivity index (χ2n) is 7.12. The van der Waals surface area contributed by atoms with Crippen LogP contribution in [-0.2, 0) is 11.3 Å². The van der Waals surface area contributed by atoms with E-state index >= 15 is 0 Å². The van der Waals surface area contributed by atoms with Gasteiger partial charge < -0.3 is 19.8 Å². The second kappa shape index (κ2) is 10.3. The zero-order valence-corrected chi connectivity index (χ0v) is 17.2. The molecule has 1 saturated heterocycles. The number of benzene rings is 1. The highest BCUT2D eigenvalue weighted by atomic mass is 16.5. The maximum Gasteiger partial charge on any atom is 0.191 e. The lowest BCUT2D eigenvalue weighted by Crippen LogP contribution is -2.46. The van der Waals surface area contributed by atoms with Crippen LogP contribution < -0.4 is 10.6 Å². The van der Waals surface area contributed by atoms with E-state index in [1.807, 2.05) is 13.0 Å². The zero-order valence-electron chi connectivity index (χ0n) is 17.2. The topological polar surface area (TPSA) is 62.0 Å². The quantitative estimate of drug-likeness (QED) is 0.568. The second-order valence-corrected chi connectivity index (χ2v) is 7.12. The van der Waals surface area contributed by atoms with Crippen LogP contribution in [-0.4, -0.2) is 50.3 Å². The molecule has 6 heteroatoms. The summed E-state index contributed by atoms with van der Waals surface area (Å²) in [6.45, 7) is 11.7. The molecule has 6 nitrogen and oxygen atoms in total. The number of hydrogen-bond donors (Lipinski definition) is 2. The fraction of sp³-hybridized carbons (Fsp3) is 0.500. The Labute approximate surface area is 168 Å². The zero-order chi connectivity index (χ0) is 19.8. The van der Waals surface area contributed by atoms with Crippen LogP contribution in [0.3, 0.4) is 0 Å². The van der Waals surface area contributed by atoms with Gasteiger partial charge in [0.1, 0.15) is 11.5 Å². The number of nitrogens with one attached hydrogen (secondary N) is 2. The Balaban J connectivity index is 1.69. The molecule has 1 unspecified atom stereocenters. The van der Waals surface area contributed by atoms with Crippen molar-refractivity contribution in [1.29, 1.82) is 0 Å². The van der Waals surface area contributed by atoms with Crippen molar-refractivity contribution in [2.75, 3.05) is 39.4 Å². The number of guanidine groups is 1. The highest BCUT2D eigenvalue weighted by molar-refractivity contribution is 5.79. The minimum Gasteiger partial charge on any atom is -0.465 e. The van der Waals surface area contributed by atoms with Gasteiger partial charge in [0.25, 0.3) is 0 Å². The molecule has 0 radical (unpaired) electrons. The van der Waals surface area contributed by atoms with Crippen LogP contribution in [0, 0.1) is 13.8 Å².